The zero-order valence-corrected chi connectivity index (χ0v) is 11.2. The molecular formula is C14H18BrN. The molecule has 0 spiro atoms. The van der Waals surface area contributed by atoms with E-state index in [9.17, 15) is 0 Å². The zero-order valence-electron chi connectivity index (χ0n) is 9.58. The van der Waals surface area contributed by atoms with Crippen LogP contribution in [0.3, 0.4) is 0 Å². The fourth-order valence-corrected chi connectivity index (χ4v) is 3.24. The Hall–Kier alpha value is -0.340. The number of rotatable bonds is 1. The van der Waals surface area contributed by atoms with Crippen molar-refractivity contribution in [3.63, 3.8) is 0 Å². The third-order valence-corrected chi connectivity index (χ3v) is 4.59. The first-order valence-electron chi connectivity index (χ1n) is 6.34. The van der Waals surface area contributed by atoms with Crippen LogP contribution in [-0.4, -0.2) is 24.0 Å². The quantitative estimate of drug-likeness (QED) is 0.762. The van der Waals surface area contributed by atoms with Crippen LogP contribution in [0.2, 0.25) is 0 Å². The van der Waals surface area contributed by atoms with Gasteiger partial charge in [-0.1, -0.05) is 28.4 Å². The van der Waals surface area contributed by atoms with E-state index in [0.29, 0.717) is 0 Å². The lowest BCUT2D eigenvalue weighted by atomic mass is 9.91. The molecule has 1 nitrogen and oxygen atoms in total. The van der Waals surface area contributed by atoms with Crippen LogP contribution in [0.25, 0.3) is 0 Å². The molecule has 86 valence electrons. The second-order valence-corrected chi connectivity index (χ2v) is 5.95. The average Bonchev–Trinajstić information content (AvgIpc) is 2.39. The summed E-state index contributed by atoms with van der Waals surface area (Å²) in [6.07, 6.45) is 6.77. The Morgan fingerprint density at radius 1 is 1.06 bits per heavy atom. The molecule has 16 heavy (non-hydrogen) atoms. The van der Waals surface area contributed by atoms with Gasteiger partial charge in [-0.3, -0.25) is 4.90 Å². The Morgan fingerprint density at radius 3 is 2.50 bits per heavy atom. The minimum Gasteiger partial charge on any atom is -0.300 e. The van der Waals surface area contributed by atoms with E-state index in [0.717, 1.165) is 6.04 Å². The van der Waals surface area contributed by atoms with Crippen LogP contribution in [0.4, 0.5) is 0 Å². The largest absolute Gasteiger partial charge is 0.300 e. The zero-order chi connectivity index (χ0) is 11.0. The smallest absolute Gasteiger partial charge is 0.0178 e. The highest BCUT2D eigenvalue weighted by Crippen LogP contribution is 2.28. The third kappa shape index (κ3) is 2.05. The molecule has 1 aliphatic carbocycles. The molecular weight excluding hydrogens is 262 g/mol. The Labute approximate surface area is 106 Å². The molecule has 0 N–H and O–H groups in total. The van der Waals surface area contributed by atoms with Gasteiger partial charge < -0.3 is 0 Å². The van der Waals surface area contributed by atoms with Gasteiger partial charge in [0.25, 0.3) is 0 Å². The van der Waals surface area contributed by atoms with Crippen LogP contribution in [0, 0.1) is 0 Å². The lowest BCUT2D eigenvalue weighted by Crippen LogP contribution is -2.41. The second kappa shape index (κ2) is 4.50. The van der Waals surface area contributed by atoms with Gasteiger partial charge in [-0.25, -0.2) is 0 Å². The van der Waals surface area contributed by atoms with Gasteiger partial charge >= 0.3 is 0 Å². The molecule has 1 aromatic rings. The average molecular weight is 280 g/mol. The highest BCUT2D eigenvalue weighted by atomic mass is 79.9. The number of nitrogens with zero attached hydrogens (tertiary/aromatic N) is 1. The number of hydrogen-bond donors (Lipinski definition) is 0. The summed E-state index contributed by atoms with van der Waals surface area (Å²) in [6.45, 7) is 2.52. The minimum atomic E-state index is 0.901. The molecule has 0 unspecified atom stereocenters. The number of halogens is 1. The maximum absolute atomic E-state index is 3.57. The third-order valence-electron chi connectivity index (χ3n) is 4.10. The van der Waals surface area contributed by atoms with E-state index in [-0.39, 0.29) is 0 Å². The van der Waals surface area contributed by atoms with E-state index >= 15 is 0 Å². The van der Waals surface area contributed by atoms with E-state index in [1.807, 2.05) is 0 Å². The van der Waals surface area contributed by atoms with Crippen molar-refractivity contribution in [2.45, 2.75) is 38.1 Å². The van der Waals surface area contributed by atoms with Crippen molar-refractivity contribution in [1.82, 2.24) is 4.90 Å². The maximum atomic E-state index is 3.57. The molecule has 0 aromatic heterocycles. The summed E-state index contributed by atoms with van der Waals surface area (Å²) in [7, 11) is 0. The lowest BCUT2D eigenvalue weighted by molar-refractivity contribution is 0.133. The van der Waals surface area contributed by atoms with Crippen molar-refractivity contribution in [2.24, 2.45) is 0 Å². The summed E-state index contributed by atoms with van der Waals surface area (Å²) in [5.41, 5.74) is 3.11. The van der Waals surface area contributed by atoms with E-state index in [4.69, 9.17) is 0 Å². The number of fused-ring (bicyclic) bond motifs is 1. The molecule has 0 amide bonds. The Bertz CT molecular complexity index is 384. The molecule has 3 rings (SSSR count). The van der Waals surface area contributed by atoms with Crippen molar-refractivity contribution < 1.29 is 0 Å². The van der Waals surface area contributed by atoms with Gasteiger partial charge in [0.2, 0.25) is 0 Å². The van der Waals surface area contributed by atoms with Crippen molar-refractivity contribution in [3.05, 3.63) is 33.8 Å². The first-order chi connectivity index (χ1) is 7.83. The molecule has 0 atom stereocenters. The first kappa shape index (κ1) is 10.8. The molecule has 2 heteroatoms. The molecule has 1 saturated carbocycles. The fraction of sp³-hybridized carbons (Fsp3) is 0.571. The lowest BCUT2D eigenvalue weighted by Gasteiger charge is -2.36. The summed E-state index contributed by atoms with van der Waals surface area (Å²) in [5, 5.41) is 0. The highest BCUT2D eigenvalue weighted by Gasteiger charge is 2.26. The summed E-state index contributed by atoms with van der Waals surface area (Å²) < 4.78 is 1.23. The Kier molecular flexibility index (Phi) is 3.03. The predicted molar refractivity (Wildman–Crippen MR) is 70.8 cm³/mol. The first-order valence-corrected chi connectivity index (χ1v) is 7.13. The van der Waals surface area contributed by atoms with Gasteiger partial charge in [0.15, 0.2) is 0 Å². The number of hydrogen-bond acceptors (Lipinski definition) is 1. The van der Waals surface area contributed by atoms with Gasteiger partial charge in [-0.05, 0) is 48.9 Å². The van der Waals surface area contributed by atoms with Gasteiger partial charge in [-0.2, -0.15) is 0 Å². The van der Waals surface area contributed by atoms with Crippen LogP contribution >= 0.6 is 15.9 Å². The van der Waals surface area contributed by atoms with Crippen LogP contribution in [0.15, 0.2) is 22.7 Å². The van der Waals surface area contributed by atoms with Crippen LogP contribution in [0.1, 0.15) is 30.4 Å². The molecule has 1 fully saturated rings. The molecule has 0 radical (unpaired) electrons. The van der Waals surface area contributed by atoms with Gasteiger partial charge in [0.05, 0.1) is 0 Å². The van der Waals surface area contributed by atoms with E-state index in [1.165, 1.54) is 49.7 Å². The van der Waals surface area contributed by atoms with E-state index < -0.39 is 0 Å². The van der Waals surface area contributed by atoms with Crippen LogP contribution in [-0.2, 0) is 12.8 Å². The van der Waals surface area contributed by atoms with Gasteiger partial charge in [0.1, 0.15) is 0 Å². The van der Waals surface area contributed by atoms with E-state index in [1.54, 1.807) is 11.1 Å². The van der Waals surface area contributed by atoms with Crippen molar-refractivity contribution >= 4 is 15.9 Å². The van der Waals surface area contributed by atoms with Crippen LogP contribution in [0.5, 0.6) is 0 Å². The molecule has 1 aliphatic heterocycles. The SMILES string of the molecule is Brc1ccc2c(c1)CCN(C1CCC1)CC2. The fourth-order valence-electron chi connectivity index (χ4n) is 2.83. The molecule has 1 aromatic carbocycles. The molecule has 0 bridgehead atoms. The van der Waals surface area contributed by atoms with Gasteiger partial charge in [0, 0.05) is 23.6 Å². The van der Waals surface area contributed by atoms with E-state index in [2.05, 4.69) is 39.0 Å². The summed E-state index contributed by atoms with van der Waals surface area (Å²) in [4.78, 5) is 2.71. The minimum absolute atomic E-state index is 0.901. The monoisotopic (exact) mass is 279 g/mol. The predicted octanol–water partition coefficient (Wildman–Crippen LogP) is 3.40. The Balaban J connectivity index is 1.76. The molecule has 0 saturated heterocycles. The summed E-state index contributed by atoms with van der Waals surface area (Å²) >= 11 is 3.57. The topological polar surface area (TPSA) is 3.24 Å². The van der Waals surface area contributed by atoms with Crippen molar-refractivity contribution in [3.8, 4) is 0 Å². The second-order valence-electron chi connectivity index (χ2n) is 5.03. The van der Waals surface area contributed by atoms with Crippen molar-refractivity contribution in [2.75, 3.05) is 13.1 Å². The molecule has 1 heterocycles. The van der Waals surface area contributed by atoms with Gasteiger partial charge in [-0.15, -0.1) is 0 Å². The number of benzene rings is 1. The summed E-state index contributed by atoms with van der Waals surface area (Å²) in [5.74, 6) is 0. The maximum Gasteiger partial charge on any atom is 0.0178 e. The normalized spacial score (nSPS) is 22.3. The van der Waals surface area contributed by atoms with Crippen molar-refractivity contribution in [1.29, 1.82) is 0 Å². The summed E-state index contributed by atoms with van der Waals surface area (Å²) in [6, 6.07) is 7.68. The standard InChI is InChI=1S/C14H18BrN/c15-13-5-4-11-6-8-16(14-2-1-3-14)9-7-12(11)10-13/h4-5,10,14H,1-3,6-9H2. The van der Waals surface area contributed by atoms with Crippen LogP contribution < -0.4 is 0 Å². The highest BCUT2D eigenvalue weighted by molar-refractivity contribution is 9.10. The molecule has 2 aliphatic rings. The Morgan fingerprint density at radius 2 is 1.81 bits per heavy atom.